The Balaban J connectivity index is 2.05. The number of benzene rings is 1. The van der Waals surface area contributed by atoms with Gasteiger partial charge in [-0.3, -0.25) is 5.10 Å². The summed E-state index contributed by atoms with van der Waals surface area (Å²) in [7, 11) is 0. The molecule has 1 aliphatic heterocycles. The highest BCUT2D eigenvalue weighted by Gasteiger charge is 2.14. The molecule has 1 aliphatic rings. The van der Waals surface area contributed by atoms with Gasteiger partial charge in [-0.1, -0.05) is 12.1 Å². The average molecular weight is 203 g/mol. The summed E-state index contributed by atoms with van der Waals surface area (Å²) >= 11 is 0. The Morgan fingerprint density at radius 3 is 3.00 bits per heavy atom. The minimum absolute atomic E-state index is 0.810. The molecule has 1 fully saturated rings. The van der Waals surface area contributed by atoms with E-state index in [-0.39, 0.29) is 0 Å². The molecular formula is C11H13N3O. The molecule has 1 aromatic carbocycles. The molecule has 0 spiro atoms. The lowest BCUT2D eigenvalue weighted by atomic mass is 10.2. The zero-order valence-electron chi connectivity index (χ0n) is 8.44. The van der Waals surface area contributed by atoms with Gasteiger partial charge < -0.3 is 9.64 Å². The van der Waals surface area contributed by atoms with E-state index in [0.717, 1.165) is 31.8 Å². The van der Waals surface area contributed by atoms with E-state index in [2.05, 4.69) is 33.3 Å². The molecule has 3 rings (SSSR count). The van der Waals surface area contributed by atoms with E-state index in [0.29, 0.717) is 0 Å². The van der Waals surface area contributed by atoms with Crippen LogP contribution in [-0.2, 0) is 4.74 Å². The van der Waals surface area contributed by atoms with Gasteiger partial charge in [-0.2, -0.15) is 5.10 Å². The van der Waals surface area contributed by atoms with Crippen molar-refractivity contribution in [1.29, 1.82) is 0 Å². The van der Waals surface area contributed by atoms with Gasteiger partial charge >= 0.3 is 0 Å². The highest BCUT2D eigenvalue weighted by Crippen LogP contribution is 2.24. The number of fused-ring (bicyclic) bond motifs is 1. The van der Waals surface area contributed by atoms with Crippen LogP contribution >= 0.6 is 0 Å². The summed E-state index contributed by atoms with van der Waals surface area (Å²) in [5, 5.41) is 8.29. The minimum atomic E-state index is 0.810. The number of H-pyrrole nitrogens is 1. The molecule has 2 heterocycles. The van der Waals surface area contributed by atoms with Gasteiger partial charge in [0.25, 0.3) is 0 Å². The zero-order chi connectivity index (χ0) is 10.1. The topological polar surface area (TPSA) is 41.1 Å². The number of aromatic nitrogens is 2. The van der Waals surface area contributed by atoms with Crippen molar-refractivity contribution in [1.82, 2.24) is 10.2 Å². The molecule has 15 heavy (non-hydrogen) atoms. The normalized spacial score (nSPS) is 17.2. The van der Waals surface area contributed by atoms with E-state index in [1.165, 1.54) is 11.1 Å². The van der Waals surface area contributed by atoms with Gasteiger partial charge in [-0.25, -0.2) is 0 Å². The van der Waals surface area contributed by atoms with Gasteiger partial charge in [-0.15, -0.1) is 0 Å². The van der Waals surface area contributed by atoms with Crippen molar-refractivity contribution in [2.75, 3.05) is 31.2 Å². The summed E-state index contributed by atoms with van der Waals surface area (Å²) in [6.07, 6.45) is 1.86. The fourth-order valence-corrected chi connectivity index (χ4v) is 2.02. The molecule has 1 aromatic heterocycles. The third-order valence-corrected chi connectivity index (χ3v) is 2.81. The lowest BCUT2D eigenvalue weighted by Gasteiger charge is -2.29. The second-order valence-electron chi connectivity index (χ2n) is 3.71. The average Bonchev–Trinajstić information content (AvgIpc) is 2.78. The largest absolute Gasteiger partial charge is 0.378 e. The third-order valence-electron chi connectivity index (χ3n) is 2.81. The van der Waals surface area contributed by atoms with Gasteiger partial charge in [0.15, 0.2) is 0 Å². The zero-order valence-corrected chi connectivity index (χ0v) is 8.44. The van der Waals surface area contributed by atoms with E-state index < -0.39 is 0 Å². The first-order valence-electron chi connectivity index (χ1n) is 5.20. The van der Waals surface area contributed by atoms with Crippen molar-refractivity contribution in [3.63, 3.8) is 0 Å². The van der Waals surface area contributed by atoms with Crippen molar-refractivity contribution < 1.29 is 4.74 Å². The molecule has 0 atom stereocenters. The van der Waals surface area contributed by atoms with Crippen LogP contribution in [0, 0.1) is 0 Å². The van der Waals surface area contributed by atoms with Crippen LogP contribution in [0.1, 0.15) is 0 Å². The summed E-state index contributed by atoms with van der Waals surface area (Å²) in [6.45, 7) is 3.53. The van der Waals surface area contributed by atoms with Crippen LogP contribution in [0.4, 0.5) is 5.69 Å². The standard InChI is InChI=1S/C11H13N3O/c1-2-9-8-12-13-11(9)10(3-1)14-4-6-15-7-5-14/h1-3,8H,4-7H2,(H,12,13). The van der Waals surface area contributed by atoms with Crippen LogP contribution in [0.5, 0.6) is 0 Å². The molecule has 0 amide bonds. The predicted molar refractivity (Wildman–Crippen MR) is 59.1 cm³/mol. The molecule has 0 radical (unpaired) electrons. The molecule has 0 unspecified atom stereocenters. The molecule has 0 bridgehead atoms. The first kappa shape index (κ1) is 8.73. The fraction of sp³-hybridized carbons (Fsp3) is 0.364. The van der Waals surface area contributed by atoms with E-state index in [1.54, 1.807) is 0 Å². The molecule has 4 heteroatoms. The maximum absolute atomic E-state index is 5.35. The van der Waals surface area contributed by atoms with Crippen LogP contribution < -0.4 is 4.90 Å². The Morgan fingerprint density at radius 2 is 2.13 bits per heavy atom. The van der Waals surface area contributed by atoms with Crippen LogP contribution in [0.2, 0.25) is 0 Å². The first-order valence-corrected chi connectivity index (χ1v) is 5.20. The van der Waals surface area contributed by atoms with Crippen LogP contribution in [0.15, 0.2) is 24.4 Å². The number of ether oxygens (including phenoxy) is 1. The highest BCUT2D eigenvalue weighted by molar-refractivity contribution is 5.90. The summed E-state index contributed by atoms with van der Waals surface area (Å²) in [6, 6.07) is 6.28. The maximum Gasteiger partial charge on any atom is 0.0883 e. The van der Waals surface area contributed by atoms with Gasteiger partial charge in [-0.05, 0) is 6.07 Å². The Morgan fingerprint density at radius 1 is 1.27 bits per heavy atom. The molecular weight excluding hydrogens is 190 g/mol. The maximum atomic E-state index is 5.35. The number of hydrogen-bond donors (Lipinski definition) is 1. The molecule has 1 N–H and O–H groups in total. The monoisotopic (exact) mass is 203 g/mol. The van der Waals surface area contributed by atoms with Crippen molar-refractivity contribution in [2.24, 2.45) is 0 Å². The lowest BCUT2D eigenvalue weighted by molar-refractivity contribution is 0.123. The van der Waals surface area contributed by atoms with Gasteiger partial charge in [0.1, 0.15) is 0 Å². The third kappa shape index (κ3) is 1.47. The van der Waals surface area contributed by atoms with Crippen LogP contribution in [0.25, 0.3) is 10.9 Å². The number of aromatic amines is 1. The van der Waals surface area contributed by atoms with Crippen molar-refractivity contribution in [2.45, 2.75) is 0 Å². The van der Waals surface area contributed by atoms with Gasteiger partial charge in [0.05, 0.1) is 30.6 Å². The van der Waals surface area contributed by atoms with Crippen molar-refractivity contribution in [3.05, 3.63) is 24.4 Å². The number of nitrogens with one attached hydrogen (secondary N) is 1. The Hall–Kier alpha value is -1.55. The number of rotatable bonds is 1. The van der Waals surface area contributed by atoms with Crippen LogP contribution in [-0.4, -0.2) is 36.5 Å². The van der Waals surface area contributed by atoms with Gasteiger partial charge in [0, 0.05) is 18.5 Å². The van der Waals surface area contributed by atoms with Crippen molar-refractivity contribution >= 4 is 16.6 Å². The Kier molecular flexibility index (Phi) is 2.07. The number of hydrogen-bond acceptors (Lipinski definition) is 3. The quantitative estimate of drug-likeness (QED) is 0.761. The number of morpholine rings is 1. The second-order valence-corrected chi connectivity index (χ2v) is 3.71. The van der Waals surface area contributed by atoms with Crippen LogP contribution in [0.3, 0.4) is 0 Å². The minimum Gasteiger partial charge on any atom is -0.378 e. The predicted octanol–water partition coefficient (Wildman–Crippen LogP) is 1.40. The summed E-state index contributed by atoms with van der Waals surface area (Å²) in [4.78, 5) is 2.34. The smallest absolute Gasteiger partial charge is 0.0883 e. The number of anilines is 1. The molecule has 4 nitrogen and oxygen atoms in total. The Bertz CT molecular complexity index is 460. The summed E-state index contributed by atoms with van der Waals surface area (Å²) in [5.41, 5.74) is 2.35. The second kappa shape index (κ2) is 3.55. The van der Waals surface area contributed by atoms with E-state index in [4.69, 9.17) is 4.74 Å². The molecule has 2 aromatic rings. The molecule has 0 saturated carbocycles. The first-order chi connectivity index (χ1) is 7.45. The molecule has 0 aliphatic carbocycles. The lowest BCUT2D eigenvalue weighted by Crippen LogP contribution is -2.36. The number of para-hydroxylation sites is 1. The highest BCUT2D eigenvalue weighted by atomic mass is 16.5. The molecule has 1 saturated heterocycles. The van der Waals surface area contributed by atoms with E-state index >= 15 is 0 Å². The Labute approximate surface area is 87.8 Å². The molecule has 78 valence electrons. The van der Waals surface area contributed by atoms with Crippen molar-refractivity contribution in [3.8, 4) is 0 Å². The van der Waals surface area contributed by atoms with Gasteiger partial charge in [0.2, 0.25) is 0 Å². The van der Waals surface area contributed by atoms with E-state index in [9.17, 15) is 0 Å². The summed E-state index contributed by atoms with van der Waals surface area (Å²) in [5.74, 6) is 0. The van der Waals surface area contributed by atoms with E-state index in [1.807, 2.05) is 6.20 Å². The summed E-state index contributed by atoms with van der Waals surface area (Å²) < 4.78 is 5.35. The number of nitrogens with zero attached hydrogens (tertiary/aromatic N) is 2. The fourth-order valence-electron chi connectivity index (χ4n) is 2.02. The SMILES string of the molecule is c1cc(N2CCOCC2)c2[nH]ncc2c1.